The molecular weight excluding hydrogens is 376 g/mol. The van der Waals surface area contributed by atoms with Crippen LogP contribution in [0.3, 0.4) is 0 Å². The van der Waals surface area contributed by atoms with Crippen LogP contribution >= 0.6 is 11.6 Å². The van der Waals surface area contributed by atoms with E-state index in [1.54, 1.807) is 35.4 Å². The van der Waals surface area contributed by atoms with Crippen LogP contribution in [0, 0.1) is 0 Å². The van der Waals surface area contributed by atoms with Gasteiger partial charge in [0, 0.05) is 11.6 Å². The molecule has 0 radical (unpaired) electrons. The van der Waals surface area contributed by atoms with Crippen LogP contribution in [0.2, 0.25) is 5.02 Å². The van der Waals surface area contributed by atoms with E-state index in [2.05, 4.69) is 4.99 Å². The minimum absolute atomic E-state index is 0.254. The number of hydrogen-bond donors (Lipinski definition) is 0. The molecule has 6 heteroatoms. The molecule has 140 valence electrons. The summed E-state index contributed by atoms with van der Waals surface area (Å²) in [5.41, 5.74) is 1.63. The van der Waals surface area contributed by atoms with Crippen molar-refractivity contribution in [3.8, 4) is 5.75 Å². The summed E-state index contributed by atoms with van der Waals surface area (Å²) in [6, 6.07) is 18.1. The number of benzene rings is 2. The van der Waals surface area contributed by atoms with Crippen LogP contribution in [-0.4, -0.2) is 18.3 Å². The zero-order valence-corrected chi connectivity index (χ0v) is 15.9. The van der Waals surface area contributed by atoms with E-state index in [9.17, 15) is 4.79 Å². The van der Waals surface area contributed by atoms with Crippen molar-refractivity contribution < 1.29 is 13.9 Å². The zero-order chi connectivity index (χ0) is 19.5. The van der Waals surface area contributed by atoms with Crippen molar-refractivity contribution in [2.75, 3.05) is 11.5 Å². The van der Waals surface area contributed by atoms with Gasteiger partial charge in [0.05, 0.1) is 23.6 Å². The third kappa shape index (κ3) is 3.44. The summed E-state index contributed by atoms with van der Waals surface area (Å²) in [5, 5.41) is 0.518. The van der Waals surface area contributed by atoms with Gasteiger partial charge in [-0.25, -0.2) is 4.99 Å². The minimum Gasteiger partial charge on any atom is -0.494 e. The van der Waals surface area contributed by atoms with E-state index < -0.39 is 0 Å². The first-order valence-electron chi connectivity index (χ1n) is 8.83. The molecule has 1 amide bonds. The highest BCUT2D eigenvalue weighted by Gasteiger charge is 2.33. The molecular formula is C22H17ClN2O3. The van der Waals surface area contributed by atoms with Crippen LogP contribution in [0.1, 0.15) is 18.2 Å². The summed E-state index contributed by atoms with van der Waals surface area (Å²) >= 11 is 6.38. The number of carbonyl (C=O) groups is 1. The number of rotatable bonds is 5. The van der Waals surface area contributed by atoms with Crippen LogP contribution in [0.15, 0.2) is 82.0 Å². The lowest BCUT2D eigenvalue weighted by Crippen LogP contribution is -2.32. The number of aliphatic imine (C=N–C) groups is 1. The van der Waals surface area contributed by atoms with Crippen molar-refractivity contribution in [2.45, 2.75) is 6.92 Å². The third-order valence-corrected chi connectivity index (χ3v) is 4.53. The number of ether oxygens (including phenoxy) is 1. The summed E-state index contributed by atoms with van der Waals surface area (Å²) in [7, 11) is 0. The molecule has 0 fully saturated rings. The van der Waals surface area contributed by atoms with Gasteiger partial charge in [0.15, 0.2) is 0 Å². The summed E-state index contributed by atoms with van der Waals surface area (Å²) in [5.74, 6) is 1.51. The van der Waals surface area contributed by atoms with Gasteiger partial charge in [-0.3, -0.25) is 9.69 Å². The molecule has 1 aromatic heterocycles. The lowest BCUT2D eigenvalue weighted by atomic mass is 10.1. The first kappa shape index (κ1) is 18.1. The van der Waals surface area contributed by atoms with Gasteiger partial charge < -0.3 is 9.15 Å². The Bertz CT molecular complexity index is 1050. The smallest absolute Gasteiger partial charge is 0.282 e. The zero-order valence-electron chi connectivity index (χ0n) is 15.1. The molecule has 0 N–H and O–H groups in total. The second-order valence-electron chi connectivity index (χ2n) is 6.03. The van der Waals surface area contributed by atoms with E-state index in [1.165, 1.54) is 0 Å². The SMILES string of the molecule is CCOc1ccc(N2C(=O)/C(=C\c3ccco3)N=C2c2ccccc2Cl)cc1. The van der Waals surface area contributed by atoms with E-state index in [0.717, 1.165) is 5.75 Å². The average Bonchev–Trinajstić information content (AvgIpc) is 3.32. The van der Waals surface area contributed by atoms with Gasteiger partial charge in [-0.2, -0.15) is 0 Å². The molecule has 5 nitrogen and oxygen atoms in total. The van der Waals surface area contributed by atoms with Gasteiger partial charge >= 0.3 is 0 Å². The second kappa shape index (κ2) is 7.74. The maximum atomic E-state index is 13.2. The predicted molar refractivity (Wildman–Crippen MR) is 110 cm³/mol. The van der Waals surface area contributed by atoms with E-state index in [4.69, 9.17) is 20.8 Å². The summed E-state index contributed by atoms with van der Waals surface area (Å²) in [6.07, 6.45) is 3.17. The second-order valence-corrected chi connectivity index (χ2v) is 6.43. The summed E-state index contributed by atoms with van der Waals surface area (Å²) in [6.45, 7) is 2.50. The average molecular weight is 393 g/mol. The molecule has 2 heterocycles. The number of carbonyl (C=O) groups excluding carboxylic acids is 1. The molecule has 0 unspecified atom stereocenters. The Morgan fingerprint density at radius 1 is 1.11 bits per heavy atom. The normalized spacial score (nSPS) is 15.2. The highest BCUT2D eigenvalue weighted by Crippen LogP contribution is 2.31. The molecule has 1 aliphatic heterocycles. The Hall–Kier alpha value is -3.31. The quantitative estimate of drug-likeness (QED) is 0.563. The van der Waals surface area contributed by atoms with E-state index in [1.807, 2.05) is 49.4 Å². The first-order valence-corrected chi connectivity index (χ1v) is 9.21. The fourth-order valence-corrected chi connectivity index (χ4v) is 3.17. The van der Waals surface area contributed by atoms with Crippen molar-refractivity contribution in [2.24, 2.45) is 4.99 Å². The van der Waals surface area contributed by atoms with E-state index in [0.29, 0.717) is 34.5 Å². The minimum atomic E-state index is -0.254. The molecule has 0 atom stereocenters. The Kier molecular flexibility index (Phi) is 5.00. The van der Waals surface area contributed by atoms with E-state index in [-0.39, 0.29) is 11.6 Å². The standard InChI is InChI=1S/C22H17ClN2O3/c1-2-27-16-11-9-15(10-12-16)25-21(18-7-3-4-8-19(18)23)24-20(22(25)26)14-17-6-5-13-28-17/h3-14H,2H2,1H3/b20-14+. The van der Waals surface area contributed by atoms with Gasteiger partial charge in [0.1, 0.15) is 23.0 Å². The van der Waals surface area contributed by atoms with Crippen LogP contribution in [0.4, 0.5) is 5.69 Å². The van der Waals surface area contributed by atoms with Gasteiger partial charge in [-0.05, 0) is 55.5 Å². The molecule has 4 rings (SSSR count). The predicted octanol–water partition coefficient (Wildman–Crippen LogP) is 5.17. The largest absolute Gasteiger partial charge is 0.494 e. The van der Waals surface area contributed by atoms with Crippen LogP contribution in [0.5, 0.6) is 5.75 Å². The Morgan fingerprint density at radius 2 is 1.89 bits per heavy atom. The lowest BCUT2D eigenvalue weighted by Gasteiger charge is -2.19. The third-order valence-electron chi connectivity index (χ3n) is 4.20. The lowest BCUT2D eigenvalue weighted by molar-refractivity contribution is -0.113. The van der Waals surface area contributed by atoms with Crippen molar-refractivity contribution in [1.29, 1.82) is 0 Å². The van der Waals surface area contributed by atoms with Gasteiger partial charge in [-0.15, -0.1) is 0 Å². The molecule has 1 aliphatic rings. The number of nitrogens with zero attached hydrogens (tertiary/aromatic N) is 2. The summed E-state index contributed by atoms with van der Waals surface area (Å²) in [4.78, 5) is 19.3. The fourth-order valence-electron chi connectivity index (χ4n) is 2.95. The van der Waals surface area contributed by atoms with Crippen molar-refractivity contribution in [3.05, 3.63) is 89.0 Å². The first-order chi connectivity index (χ1) is 13.7. The van der Waals surface area contributed by atoms with Crippen molar-refractivity contribution in [3.63, 3.8) is 0 Å². The highest BCUT2D eigenvalue weighted by atomic mass is 35.5. The number of anilines is 1. The maximum Gasteiger partial charge on any atom is 0.282 e. The van der Waals surface area contributed by atoms with Gasteiger partial charge in [0.2, 0.25) is 0 Å². The Morgan fingerprint density at radius 3 is 2.57 bits per heavy atom. The summed E-state index contributed by atoms with van der Waals surface area (Å²) < 4.78 is 10.8. The van der Waals surface area contributed by atoms with Crippen LogP contribution in [0.25, 0.3) is 6.08 Å². The number of amidine groups is 1. The number of furan rings is 1. The molecule has 0 bridgehead atoms. The number of halogens is 1. The van der Waals surface area contributed by atoms with Gasteiger partial charge in [-0.1, -0.05) is 23.7 Å². The van der Waals surface area contributed by atoms with Gasteiger partial charge in [0.25, 0.3) is 5.91 Å². The monoisotopic (exact) mass is 392 g/mol. The molecule has 0 saturated heterocycles. The molecule has 0 saturated carbocycles. The van der Waals surface area contributed by atoms with Crippen LogP contribution in [-0.2, 0) is 4.79 Å². The van der Waals surface area contributed by atoms with Crippen LogP contribution < -0.4 is 9.64 Å². The molecule has 0 aliphatic carbocycles. The highest BCUT2D eigenvalue weighted by molar-refractivity contribution is 6.39. The molecule has 0 spiro atoms. The molecule has 3 aromatic rings. The number of hydrogen-bond acceptors (Lipinski definition) is 4. The van der Waals surface area contributed by atoms with Crippen molar-refractivity contribution >= 4 is 35.1 Å². The Balaban J connectivity index is 1.80. The van der Waals surface area contributed by atoms with Crippen molar-refractivity contribution in [1.82, 2.24) is 0 Å². The Labute approximate surface area is 167 Å². The topological polar surface area (TPSA) is 55.0 Å². The maximum absolute atomic E-state index is 13.2. The molecule has 28 heavy (non-hydrogen) atoms. The number of amides is 1. The van der Waals surface area contributed by atoms with E-state index >= 15 is 0 Å². The molecule has 2 aromatic carbocycles. The fraction of sp³-hybridized carbons (Fsp3) is 0.0909.